The van der Waals surface area contributed by atoms with Gasteiger partial charge in [0.05, 0.1) is 22.3 Å². The van der Waals surface area contributed by atoms with Crippen LogP contribution in [0.25, 0.3) is 0 Å². The summed E-state index contributed by atoms with van der Waals surface area (Å²) in [6.45, 7) is 0. The Bertz CT molecular complexity index is 1360. The molecule has 0 N–H and O–H groups in total. The number of rotatable bonds is 4. The van der Waals surface area contributed by atoms with Gasteiger partial charge in [0.2, 0.25) is 5.78 Å². The number of carbonyl (C=O) groups excluding carboxylic acids is 4. The molecular formula is C24H12N4O6. The number of hydrogen-bond donors (Lipinski definition) is 0. The van der Waals surface area contributed by atoms with Crippen LogP contribution in [0.5, 0.6) is 11.5 Å². The highest BCUT2D eigenvalue weighted by molar-refractivity contribution is 6.30. The van der Waals surface area contributed by atoms with Gasteiger partial charge in [-0.15, -0.1) is 0 Å². The Hall–Kier alpha value is -5.12. The Morgan fingerprint density at radius 3 is 1.41 bits per heavy atom. The first-order valence-electron chi connectivity index (χ1n) is 9.84. The lowest BCUT2D eigenvalue weighted by molar-refractivity contribution is 0.0724. The second-order valence-electron chi connectivity index (χ2n) is 7.05. The first-order valence-corrected chi connectivity index (χ1v) is 9.84. The molecule has 0 fully saturated rings. The smallest absolute Gasteiger partial charge is 0.346 e. The molecule has 0 bridgehead atoms. The summed E-state index contributed by atoms with van der Waals surface area (Å²) in [6.07, 6.45) is 7.56. The minimum absolute atomic E-state index is 0.0621. The lowest BCUT2D eigenvalue weighted by Gasteiger charge is -2.21. The molecule has 5 rings (SSSR count). The Morgan fingerprint density at radius 2 is 1.00 bits per heavy atom. The van der Waals surface area contributed by atoms with Gasteiger partial charge in [0.1, 0.15) is 24.2 Å². The maximum atomic E-state index is 13.5. The molecular weight excluding hydrogens is 440 g/mol. The zero-order valence-electron chi connectivity index (χ0n) is 17.2. The number of carbonyl (C=O) groups is 4. The molecule has 2 heterocycles. The maximum Gasteiger partial charge on any atom is 0.346 e. The largest absolute Gasteiger partial charge is 0.422 e. The number of benzene rings is 2. The van der Waals surface area contributed by atoms with Gasteiger partial charge in [-0.25, -0.2) is 29.5 Å². The van der Waals surface area contributed by atoms with Crippen LogP contribution in [0.4, 0.5) is 0 Å². The van der Waals surface area contributed by atoms with Gasteiger partial charge in [-0.3, -0.25) is 9.59 Å². The standard InChI is InChI=1S/C24H12N4O6/c29-21-15-3-1-5-17(33-23(31)13-7-25-11-26-8-13)19(15)22(30)20-16(21)4-2-6-18(20)34-24(32)14-9-27-12-28-10-14/h1-12H. The summed E-state index contributed by atoms with van der Waals surface area (Å²) in [6, 6.07) is 8.71. The highest BCUT2D eigenvalue weighted by Crippen LogP contribution is 2.37. The third kappa shape index (κ3) is 3.58. The van der Waals surface area contributed by atoms with E-state index in [0.29, 0.717) is 0 Å². The van der Waals surface area contributed by atoms with Crippen molar-refractivity contribution < 1.29 is 28.7 Å². The third-order valence-corrected chi connectivity index (χ3v) is 4.99. The van der Waals surface area contributed by atoms with E-state index < -0.39 is 23.5 Å². The number of ketones is 2. The summed E-state index contributed by atoms with van der Waals surface area (Å²) >= 11 is 0. The van der Waals surface area contributed by atoms with Gasteiger partial charge < -0.3 is 9.47 Å². The molecule has 1 aliphatic rings. The maximum absolute atomic E-state index is 13.5. The molecule has 0 saturated carbocycles. The molecule has 0 aliphatic heterocycles. The van der Waals surface area contributed by atoms with Gasteiger partial charge in [-0.05, 0) is 12.1 Å². The highest BCUT2D eigenvalue weighted by Gasteiger charge is 2.36. The van der Waals surface area contributed by atoms with Crippen LogP contribution in [-0.2, 0) is 0 Å². The number of nitrogens with zero attached hydrogens (tertiary/aromatic N) is 4. The number of hydrogen-bond acceptors (Lipinski definition) is 10. The minimum Gasteiger partial charge on any atom is -0.422 e. The second kappa shape index (κ2) is 8.43. The SMILES string of the molecule is O=C(Oc1cccc2c1C(=O)c1c(OC(=O)c3cncnc3)cccc1C2=O)c1cncnc1. The van der Waals surface area contributed by atoms with Crippen molar-refractivity contribution in [3.63, 3.8) is 0 Å². The number of aromatic nitrogens is 4. The topological polar surface area (TPSA) is 138 Å². The molecule has 164 valence electrons. The molecule has 2 aromatic carbocycles. The van der Waals surface area contributed by atoms with E-state index in [2.05, 4.69) is 19.9 Å². The molecule has 0 spiro atoms. The molecule has 10 heteroatoms. The minimum atomic E-state index is -0.802. The zero-order valence-corrected chi connectivity index (χ0v) is 17.2. The average Bonchev–Trinajstić information content (AvgIpc) is 2.88. The average molecular weight is 452 g/mol. The molecule has 0 radical (unpaired) electrons. The molecule has 0 amide bonds. The van der Waals surface area contributed by atoms with E-state index in [9.17, 15) is 19.2 Å². The molecule has 0 atom stereocenters. The fraction of sp³-hybridized carbons (Fsp3) is 0. The number of fused-ring (bicyclic) bond motifs is 2. The number of ether oxygens (including phenoxy) is 2. The lowest BCUT2D eigenvalue weighted by atomic mass is 9.83. The van der Waals surface area contributed by atoms with Crippen molar-refractivity contribution in [2.24, 2.45) is 0 Å². The van der Waals surface area contributed by atoms with Crippen LogP contribution in [0, 0.1) is 0 Å². The Kier molecular flexibility index (Phi) is 5.15. The van der Waals surface area contributed by atoms with Crippen LogP contribution in [0.1, 0.15) is 52.6 Å². The first kappa shape index (κ1) is 20.8. The first-order chi connectivity index (χ1) is 16.5. The molecule has 10 nitrogen and oxygen atoms in total. The molecule has 0 saturated heterocycles. The second-order valence-corrected chi connectivity index (χ2v) is 7.05. The van der Waals surface area contributed by atoms with Crippen molar-refractivity contribution in [2.45, 2.75) is 0 Å². The van der Waals surface area contributed by atoms with Gasteiger partial charge in [-0.2, -0.15) is 0 Å². The molecule has 4 aromatic rings. The van der Waals surface area contributed by atoms with Gasteiger partial charge in [0.15, 0.2) is 5.78 Å². The zero-order chi connectivity index (χ0) is 23.7. The van der Waals surface area contributed by atoms with Crippen molar-refractivity contribution in [2.75, 3.05) is 0 Å². The van der Waals surface area contributed by atoms with Crippen molar-refractivity contribution in [1.29, 1.82) is 0 Å². The van der Waals surface area contributed by atoms with Crippen molar-refractivity contribution in [3.8, 4) is 11.5 Å². The molecule has 34 heavy (non-hydrogen) atoms. The van der Waals surface area contributed by atoms with E-state index >= 15 is 0 Å². The Morgan fingerprint density at radius 1 is 0.588 bits per heavy atom. The van der Waals surface area contributed by atoms with Crippen LogP contribution in [0.2, 0.25) is 0 Å². The summed E-state index contributed by atoms with van der Waals surface area (Å²) in [5, 5.41) is 0. The van der Waals surface area contributed by atoms with Crippen molar-refractivity contribution in [1.82, 2.24) is 19.9 Å². The highest BCUT2D eigenvalue weighted by atomic mass is 16.5. The van der Waals surface area contributed by atoms with E-state index in [1.165, 1.54) is 73.8 Å². The molecule has 2 aromatic heterocycles. The fourth-order valence-electron chi connectivity index (χ4n) is 3.48. The lowest BCUT2D eigenvalue weighted by Crippen LogP contribution is -2.24. The van der Waals surface area contributed by atoms with Crippen LogP contribution >= 0.6 is 0 Å². The Labute approximate surface area is 191 Å². The van der Waals surface area contributed by atoms with E-state index in [1.807, 2.05) is 0 Å². The van der Waals surface area contributed by atoms with Crippen LogP contribution in [0.3, 0.4) is 0 Å². The molecule has 1 aliphatic carbocycles. The van der Waals surface area contributed by atoms with Gasteiger partial charge >= 0.3 is 11.9 Å². The summed E-state index contributed by atoms with van der Waals surface area (Å²) in [5.41, 5.74) is 0.0251. The van der Waals surface area contributed by atoms with E-state index in [-0.39, 0.29) is 44.9 Å². The summed E-state index contributed by atoms with van der Waals surface area (Å²) in [7, 11) is 0. The van der Waals surface area contributed by atoms with Crippen molar-refractivity contribution >= 4 is 23.5 Å². The van der Waals surface area contributed by atoms with E-state index in [4.69, 9.17) is 9.47 Å². The van der Waals surface area contributed by atoms with E-state index in [0.717, 1.165) is 0 Å². The van der Waals surface area contributed by atoms with Crippen LogP contribution < -0.4 is 9.47 Å². The normalized spacial score (nSPS) is 11.9. The predicted molar refractivity (Wildman–Crippen MR) is 114 cm³/mol. The number of esters is 2. The van der Waals surface area contributed by atoms with Gasteiger partial charge in [-0.1, -0.05) is 24.3 Å². The summed E-state index contributed by atoms with van der Waals surface area (Å²) in [5.74, 6) is -2.95. The quantitative estimate of drug-likeness (QED) is 0.295. The van der Waals surface area contributed by atoms with Crippen LogP contribution in [-0.4, -0.2) is 43.4 Å². The van der Waals surface area contributed by atoms with Gasteiger partial charge in [0, 0.05) is 35.9 Å². The van der Waals surface area contributed by atoms with E-state index in [1.54, 1.807) is 0 Å². The summed E-state index contributed by atoms with van der Waals surface area (Å²) in [4.78, 5) is 66.9. The Balaban J connectivity index is 1.55. The third-order valence-electron chi connectivity index (χ3n) is 4.99. The van der Waals surface area contributed by atoms with Crippen LogP contribution in [0.15, 0.2) is 73.8 Å². The summed E-state index contributed by atoms with van der Waals surface area (Å²) < 4.78 is 10.8. The van der Waals surface area contributed by atoms with Crippen molar-refractivity contribution in [3.05, 3.63) is 107 Å². The predicted octanol–water partition coefficient (Wildman–Crippen LogP) is 2.48. The van der Waals surface area contributed by atoms with Gasteiger partial charge in [0.25, 0.3) is 0 Å². The fourth-order valence-corrected chi connectivity index (χ4v) is 3.48. The molecule has 0 unspecified atom stereocenters. The monoisotopic (exact) mass is 452 g/mol.